The molecule has 2 saturated heterocycles. The zero-order valence-electron chi connectivity index (χ0n) is 13.4. The summed E-state index contributed by atoms with van der Waals surface area (Å²) >= 11 is 3.34. The number of alkyl halides is 3. The van der Waals surface area contributed by atoms with Crippen molar-refractivity contribution < 1.29 is 22.8 Å². The fraction of sp³-hybridized carbons (Fsp3) is 0.529. The van der Waals surface area contributed by atoms with Crippen molar-refractivity contribution in [3.8, 4) is 0 Å². The molecule has 2 aliphatic rings. The fourth-order valence-electron chi connectivity index (χ4n) is 3.47. The summed E-state index contributed by atoms with van der Waals surface area (Å²) in [5.74, 6) is -2.58. The van der Waals surface area contributed by atoms with E-state index >= 15 is 0 Å². The van der Waals surface area contributed by atoms with Crippen LogP contribution in [0.25, 0.3) is 0 Å². The number of amides is 2. The second kappa shape index (κ2) is 6.97. The van der Waals surface area contributed by atoms with Gasteiger partial charge in [0.1, 0.15) is 0 Å². The molecule has 2 amide bonds. The molecule has 0 radical (unpaired) electrons. The number of hydrogen-bond acceptors (Lipinski definition) is 2. The van der Waals surface area contributed by atoms with Crippen molar-refractivity contribution in [3.63, 3.8) is 0 Å². The minimum Gasteiger partial charge on any atom is -0.342 e. The van der Waals surface area contributed by atoms with E-state index in [1.54, 1.807) is 18.2 Å². The summed E-state index contributed by atoms with van der Waals surface area (Å²) in [5.41, 5.74) is 0.682. The van der Waals surface area contributed by atoms with E-state index in [0.717, 1.165) is 4.47 Å². The maximum Gasteiger partial charge on any atom is 0.393 e. The molecular formula is C17H18BrF3N2O2. The Bertz CT molecular complexity index is 680. The Morgan fingerprint density at radius 3 is 2.68 bits per heavy atom. The summed E-state index contributed by atoms with van der Waals surface area (Å²) in [6.45, 7) is 0.234. The summed E-state index contributed by atoms with van der Waals surface area (Å²) in [6, 6.07) is 7.18. The lowest BCUT2D eigenvalue weighted by Gasteiger charge is -2.35. The third kappa shape index (κ3) is 3.99. The Morgan fingerprint density at radius 1 is 1.24 bits per heavy atom. The first-order chi connectivity index (χ1) is 11.8. The number of likely N-dealkylation sites (tertiary alicyclic amines) is 1. The van der Waals surface area contributed by atoms with E-state index < -0.39 is 18.0 Å². The molecule has 2 unspecified atom stereocenters. The Morgan fingerprint density at radius 2 is 2.00 bits per heavy atom. The zero-order valence-corrected chi connectivity index (χ0v) is 15.0. The molecule has 0 spiro atoms. The molecule has 0 bridgehead atoms. The monoisotopic (exact) mass is 418 g/mol. The molecule has 2 fully saturated rings. The molecule has 2 aliphatic heterocycles. The first-order valence-corrected chi connectivity index (χ1v) is 8.96. The van der Waals surface area contributed by atoms with Crippen LogP contribution in [-0.2, 0) is 9.59 Å². The van der Waals surface area contributed by atoms with Crippen molar-refractivity contribution in [2.45, 2.75) is 25.4 Å². The lowest BCUT2D eigenvalue weighted by atomic mass is 9.96. The van der Waals surface area contributed by atoms with Gasteiger partial charge in [0.15, 0.2) is 0 Å². The number of hydrogen-bond donors (Lipinski definition) is 0. The quantitative estimate of drug-likeness (QED) is 0.735. The van der Waals surface area contributed by atoms with Crippen LogP contribution >= 0.6 is 15.9 Å². The zero-order chi connectivity index (χ0) is 18.2. The molecule has 0 aliphatic carbocycles. The van der Waals surface area contributed by atoms with E-state index in [-0.39, 0.29) is 37.7 Å². The second-order valence-electron chi connectivity index (χ2n) is 6.55. The van der Waals surface area contributed by atoms with Gasteiger partial charge in [-0.1, -0.05) is 22.0 Å². The highest BCUT2D eigenvalue weighted by Crippen LogP contribution is 2.34. The van der Waals surface area contributed by atoms with Crippen molar-refractivity contribution in [1.82, 2.24) is 4.90 Å². The largest absolute Gasteiger partial charge is 0.393 e. The Hall–Kier alpha value is -1.57. The fourth-order valence-corrected chi connectivity index (χ4v) is 3.86. The standard InChI is InChI=1S/C17H18BrF3N2O2/c18-13-4-1-5-14(8-13)23-9-11(7-15(23)24)16(25)22-6-2-3-12(10-22)17(19,20)21/h1,4-5,8,11-12H,2-3,6-7,9-10H2. The van der Waals surface area contributed by atoms with Gasteiger partial charge in [0.2, 0.25) is 11.8 Å². The predicted octanol–water partition coefficient (Wildman–Crippen LogP) is 3.60. The number of benzene rings is 1. The SMILES string of the molecule is O=C(C1CC(=O)N(c2cccc(Br)c2)C1)N1CCCC(C(F)(F)F)C1. The van der Waals surface area contributed by atoms with Gasteiger partial charge in [0.25, 0.3) is 0 Å². The molecule has 4 nitrogen and oxygen atoms in total. The van der Waals surface area contributed by atoms with Crippen LogP contribution in [0.1, 0.15) is 19.3 Å². The van der Waals surface area contributed by atoms with Gasteiger partial charge in [-0.05, 0) is 31.0 Å². The smallest absolute Gasteiger partial charge is 0.342 e. The van der Waals surface area contributed by atoms with Gasteiger partial charge in [0.05, 0.1) is 11.8 Å². The number of anilines is 1. The lowest BCUT2D eigenvalue weighted by Crippen LogP contribution is -2.47. The molecule has 0 saturated carbocycles. The van der Waals surface area contributed by atoms with E-state index in [1.807, 2.05) is 6.07 Å². The van der Waals surface area contributed by atoms with Gasteiger partial charge >= 0.3 is 6.18 Å². The predicted molar refractivity (Wildman–Crippen MR) is 90.0 cm³/mol. The normalized spacial score (nSPS) is 24.7. The maximum atomic E-state index is 12.9. The van der Waals surface area contributed by atoms with E-state index in [4.69, 9.17) is 0 Å². The third-order valence-corrected chi connectivity index (χ3v) is 5.28. The number of piperidine rings is 1. The summed E-state index contributed by atoms with van der Waals surface area (Å²) in [4.78, 5) is 27.7. The van der Waals surface area contributed by atoms with Crippen LogP contribution in [0.15, 0.2) is 28.7 Å². The van der Waals surface area contributed by atoms with E-state index in [9.17, 15) is 22.8 Å². The Balaban J connectivity index is 1.68. The molecule has 0 aromatic heterocycles. The first-order valence-electron chi connectivity index (χ1n) is 8.17. The summed E-state index contributed by atoms with van der Waals surface area (Å²) in [5, 5.41) is 0. The van der Waals surface area contributed by atoms with Crippen LogP contribution < -0.4 is 4.90 Å². The number of nitrogens with zero attached hydrogens (tertiary/aromatic N) is 2. The van der Waals surface area contributed by atoms with Gasteiger partial charge in [0, 0.05) is 36.2 Å². The molecule has 8 heteroatoms. The number of rotatable bonds is 2. The Labute approximate surface area is 152 Å². The molecule has 2 heterocycles. The second-order valence-corrected chi connectivity index (χ2v) is 7.47. The van der Waals surface area contributed by atoms with Crippen molar-refractivity contribution in [1.29, 1.82) is 0 Å². The van der Waals surface area contributed by atoms with Crippen molar-refractivity contribution in [2.24, 2.45) is 11.8 Å². The molecule has 1 aromatic carbocycles. The number of carbonyl (C=O) groups is 2. The van der Waals surface area contributed by atoms with Gasteiger partial charge in [-0.25, -0.2) is 0 Å². The minimum absolute atomic E-state index is 0.0402. The average Bonchev–Trinajstić information content (AvgIpc) is 2.95. The van der Waals surface area contributed by atoms with Crippen molar-refractivity contribution in [2.75, 3.05) is 24.5 Å². The maximum absolute atomic E-state index is 12.9. The van der Waals surface area contributed by atoms with E-state index in [1.165, 1.54) is 9.80 Å². The molecule has 3 rings (SSSR count). The van der Waals surface area contributed by atoms with E-state index in [2.05, 4.69) is 15.9 Å². The van der Waals surface area contributed by atoms with Crippen LogP contribution in [0.5, 0.6) is 0 Å². The van der Waals surface area contributed by atoms with Crippen LogP contribution in [0.4, 0.5) is 18.9 Å². The van der Waals surface area contributed by atoms with Gasteiger partial charge in [-0.2, -0.15) is 13.2 Å². The molecule has 1 aromatic rings. The Kier molecular flexibility index (Phi) is 5.09. The lowest BCUT2D eigenvalue weighted by molar-refractivity contribution is -0.188. The topological polar surface area (TPSA) is 40.6 Å². The van der Waals surface area contributed by atoms with E-state index in [0.29, 0.717) is 18.7 Å². The molecule has 0 N–H and O–H groups in total. The molecular weight excluding hydrogens is 401 g/mol. The average molecular weight is 419 g/mol. The van der Waals surface area contributed by atoms with Gasteiger partial charge in [-0.3, -0.25) is 9.59 Å². The van der Waals surface area contributed by atoms with Crippen LogP contribution in [-0.4, -0.2) is 42.5 Å². The van der Waals surface area contributed by atoms with Gasteiger partial charge < -0.3 is 9.80 Å². The summed E-state index contributed by atoms with van der Waals surface area (Å²) in [6.07, 6.45) is -3.85. The third-order valence-electron chi connectivity index (χ3n) is 4.79. The molecule has 2 atom stereocenters. The highest BCUT2D eigenvalue weighted by atomic mass is 79.9. The van der Waals surface area contributed by atoms with Crippen molar-refractivity contribution >= 4 is 33.4 Å². The first kappa shape index (κ1) is 18.2. The van der Waals surface area contributed by atoms with Crippen molar-refractivity contribution in [3.05, 3.63) is 28.7 Å². The summed E-state index contributed by atoms with van der Waals surface area (Å²) in [7, 11) is 0. The van der Waals surface area contributed by atoms with Crippen LogP contribution in [0.2, 0.25) is 0 Å². The molecule has 25 heavy (non-hydrogen) atoms. The highest BCUT2D eigenvalue weighted by Gasteiger charge is 2.44. The highest BCUT2D eigenvalue weighted by molar-refractivity contribution is 9.10. The van der Waals surface area contributed by atoms with Crippen LogP contribution in [0.3, 0.4) is 0 Å². The number of halogens is 4. The summed E-state index contributed by atoms with van der Waals surface area (Å²) < 4.78 is 39.6. The van der Waals surface area contributed by atoms with Crippen LogP contribution in [0, 0.1) is 11.8 Å². The van der Waals surface area contributed by atoms with Gasteiger partial charge in [-0.15, -0.1) is 0 Å². The molecule has 136 valence electrons. The minimum atomic E-state index is -4.28. The number of carbonyl (C=O) groups excluding carboxylic acids is 2.